The first-order chi connectivity index (χ1) is 7.74. The third-order valence-electron chi connectivity index (χ3n) is 2.30. The molecule has 4 nitrogen and oxygen atoms in total. The molecule has 0 radical (unpaired) electrons. The zero-order valence-corrected chi connectivity index (χ0v) is 10.3. The molecule has 2 aromatic rings. The van der Waals surface area contributed by atoms with Gasteiger partial charge in [-0.2, -0.15) is 0 Å². The van der Waals surface area contributed by atoms with E-state index in [1.54, 1.807) is 7.11 Å². The fourth-order valence-corrected chi connectivity index (χ4v) is 2.22. The van der Waals surface area contributed by atoms with Gasteiger partial charge in [-0.25, -0.2) is 0 Å². The fraction of sp³-hybridized carbons (Fsp3) is 0.273. The Labute approximate surface area is 98.3 Å². The number of benzene rings is 1. The molecule has 5 heteroatoms. The molecule has 1 N–H and O–H groups in total. The molecular weight excluding hydrogens is 222 g/mol. The molecule has 0 bridgehead atoms. The van der Waals surface area contributed by atoms with Crippen molar-refractivity contribution in [3.05, 3.63) is 23.8 Å². The number of aryl methyl sites for hydroxylation is 1. The fourth-order valence-electron chi connectivity index (χ4n) is 1.44. The Kier molecular flexibility index (Phi) is 3.05. The topological polar surface area (TPSA) is 47.0 Å². The zero-order valence-electron chi connectivity index (χ0n) is 9.44. The monoisotopic (exact) mass is 235 g/mol. The molecule has 0 saturated carbocycles. The number of hydrogen-bond acceptors (Lipinski definition) is 5. The van der Waals surface area contributed by atoms with E-state index in [2.05, 4.69) is 15.5 Å². The second-order valence-electron chi connectivity index (χ2n) is 3.34. The minimum Gasteiger partial charge on any atom is -0.497 e. The van der Waals surface area contributed by atoms with Crippen LogP contribution in [0.3, 0.4) is 0 Å². The van der Waals surface area contributed by atoms with Crippen molar-refractivity contribution in [3.63, 3.8) is 0 Å². The average molecular weight is 235 g/mol. The molecule has 16 heavy (non-hydrogen) atoms. The van der Waals surface area contributed by atoms with Crippen LogP contribution >= 0.6 is 11.3 Å². The Balaban J connectivity index is 2.40. The number of ether oxygens (including phenoxy) is 1. The highest BCUT2D eigenvalue weighted by atomic mass is 32.1. The molecule has 0 saturated heterocycles. The van der Waals surface area contributed by atoms with Crippen LogP contribution in [0.25, 0.3) is 10.6 Å². The maximum Gasteiger partial charge on any atom is 0.205 e. The standard InChI is InChI=1S/C11H13N3OS/c1-7-6-8(15-3)4-5-9(7)10-13-14-11(12-2)16-10/h4-6H,1-3H3,(H,12,14). The zero-order chi connectivity index (χ0) is 11.5. The molecule has 1 aromatic heterocycles. The third kappa shape index (κ3) is 1.99. The van der Waals surface area contributed by atoms with E-state index in [9.17, 15) is 0 Å². The first-order valence-electron chi connectivity index (χ1n) is 4.91. The molecule has 0 fully saturated rings. The minimum atomic E-state index is 0.824. The van der Waals surface area contributed by atoms with Gasteiger partial charge in [-0.05, 0) is 30.7 Å². The summed E-state index contributed by atoms with van der Waals surface area (Å²) < 4.78 is 5.17. The Morgan fingerprint density at radius 3 is 2.69 bits per heavy atom. The first kappa shape index (κ1) is 10.9. The van der Waals surface area contributed by atoms with Crippen molar-refractivity contribution in [2.75, 3.05) is 19.5 Å². The molecule has 2 rings (SSSR count). The van der Waals surface area contributed by atoms with Crippen molar-refractivity contribution in [2.24, 2.45) is 0 Å². The summed E-state index contributed by atoms with van der Waals surface area (Å²) in [5.74, 6) is 0.861. The van der Waals surface area contributed by atoms with Crippen LogP contribution in [0.1, 0.15) is 5.56 Å². The smallest absolute Gasteiger partial charge is 0.205 e. The summed E-state index contributed by atoms with van der Waals surface area (Å²) in [5, 5.41) is 12.9. The molecule has 0 spiro atoms. The van der Waals surface area contributed by atoms with Gasteiger partial charge in [-0.1, -0.05) is 11.3 Å². The van der Waals surface area contributed by atoms with Crippen LogP contribution in [0.15, 0.2) is 18.2 Å². The number of anilines is 1. The number of hydrogen-bond donors (Lipinski definition) is 1. The number of nitrogens with zero attached hydrogens (tertiary/aromatic N) is 2. The molecule has 0 unspecified atom stereocenters. The number of aromatic nitrogens is 2. The van der Waals surface area contributed by atoms with Gasteiger partial charge in [0.05, 0.1) is 7.11 Å². The van der Waals surface area contributed by atoms with E-state index >= 15 is 0 Å². The van der Waals surface area contributed by atoms with Crippen LogP contribution in [0.2, 0.25) is 0 Å². The van der Waals surface area contributed by atoms with Crippen molar-refractivity contribution in [1.29, 1.82) is 0 Å². The highest BCUT2D eigenvalue weighted by Gasteiger charge is 2.08. The molecular formula is C11H13N3OS. The summed E-state index contributed by atoms with van der Waals surface area (Å²) in [5.41, 5.74) is 2.23. The predicted molar refractivity (Wildman–Crippen MR) is 66.2 cm³/mol. The van der Waals surface area contributed by atoms with Crippen molar-refractivity contribution in [3.8, 4) is 16.3 Å². The van der Waals surface area contributed by atoms with Gasteiger partial charge in [-0.3, -0.25) is 0 Å². The van der Waals surface area contributed by atoms with Gasteiger partial charge < -0.3 is 10.1 Å². The summed E-state index contributed by atoms with van der Waals surface area (Å²) in [6.45, 7) is 2.04. The van der Waals surface area contributed by atoms with Gasteiger partial charge in [-0.15, -0.1) is 10.2 Å². The third-order valence-corrected chi connectivity index (χ3v) is 3.28. The van der Waals surface area contributed by atoms with Gasteiger partial charge in [0.15, 0.2) is 0 Å². The van der Waals surface area contributed by atoms with Crippen LogP contribution in [-0.4, -0.2) is 24.4 Å². The lowest BCUT2D eigenvalue weighted by atomic mass is 10.1. The Morgan fingerprint density at radius 2 is 2.12 bits per heavy atom. The summed E-state index contributed by atoms with van der Waals surface area (Å²) in [7, 11) is 3.50. The molecule has 0 aliphatic rings. The van der Waals surface area contributed by atoms with Crippen molar-refractivity contribution < 1.29 is 4.74 Å². The van der Waals surface area contributed by atoms with Gasteiger partial charge in [0.25, 0.3) is 0 Å². The lowest BCUT2D eigenvalue weighted by Crippen LogP contribution is -1.87. The van der Waals surface area contributed by atoms with E-state index in [0.717, 1.165) is 27.0 Å². The van der Waals surface area contributed by atoms with E-state index in [4.69, 9.17) is 4.74 Å². The first-order valence-corrected chi connectivity index (χ1v) is 5.72. The quantitative estimate of drug-likeness (QED) is 0.888. The van der Waals surface area contributed by atoms with E-state index in [1.807, 2.05) is 32.2 Å². The normalized spacial score (nSPS) is 10.2. The van der Waals surface area contributed by atoms with E-state index < -0.39 is 0 Å². The molecule has 0 atom stereocenters. The van der Waals surface area contributed by atoms with Gasteiger partial charge in [0.1, 0.15) is 10.8 Å². The lowest BCUT2D eigenvalue weighted by molar-refractivity contribution is 0.414. The molecule has 84 valence electrons. The van der Waals surface area contributed by atoms with Gasteiger partial charge in [0, 0.05) is 12.6 Å². The van der Waals surface area contributed by atoms with Crippen LogP contribution in [0.5, 0.6) is 5.75 Å². The second-order valence-corrected chi connectivity index (χ2v) is 4.32. The molecule has 0 aliphatic carbocycles. The Morgan fingerprint density at radius 1 is 1.31 bits per heavy atom. The van der Waals surface area contributed by atoms with E-state index in [0.29, 0.717) is 0 Å². The van der Waals surface area contributed by atoms with E-state index in [1.165, 1.54) is 11.3 Å². The van der Waals surface area contributed by atoms with Crippen molar-refractivity contribution in [2.45, 2.75) is 6.92 Å². The highest BCUT2D eigenvalue weighted by molar-refractivity contribution is 7.18. The largest absolute Gasteiger partial charge is 0.497 e. The SMILES string of the molecule is CNc1nnc(-c2ccc(OC)cc2C)s1. The number of methoxy groups -OCH3 is 1. The highest BCUT2D eigenvalue weighted by Crippen LogP contribution is 2.30. The minimum absolute atomic E-state index is 0.824. The lowest BCUT2D eigenvalue weighted by Gasteiger charge is -2.04. The van der Waals surface area contributed by atoms with Crippen LogP contribution in [-0.2, 0) is 0 Å². The molecule has 0 amide bonds. The summed E-state index contributed by atoms with van der Waals surface area (Å²) in [4.78, 5) is 0. The number of rotatable bonds is 3. The van der Waals surface area contributed by atoms with Crippen LogP contribution in [0, 0.1) is 6.92 Å². The summed E-state index contributed by atoms with van der Waals surface area (Å²) in [6.07, 6.45) is 0. The Bertz CT molecular complexity index is 496. The molecule has 1 aromatic carbocycles. The van der Waals surface area contributed by atoms with Crippen molar-refractivity contribution in [1.82, 2.24) is 10.2 Å². The summed E-state index contributed by atoms with van der Waals surface area (Å²) >= 11 is 1.54. The maximum atomic E-state index is 5.17. The molecule has 1 heterocycles. The Hall–Kier alpha value is -1.62. The average Bonchev–Trinajstić information content (AvgIpc) is 2.77. The van der Waals surface area contributed by atoms with E-state index in [-0.39, 0.29) is 0 Å². The van der Waals surface area contributed by atoms with Crippen LogP contribution in [0.4, 0.5) is 5.13 Å². The predicted octanol–water partition coefficient (Wildman–Crippen LogP) is 2.56. The second kappa shape index (κ2) is 4.49. The van der Waals surface area contributed by atoms with Gasteiger partial charge >= 0.3 is 0 Å². The maximum absolute atomic E-state index is 5.17. The van der Waals surface area contributed by atoms with Crippen molar-refractivity contribution >= 4 is 16.5 Å². The van der Waals surface area contributed by atoms with Crippen LogP contribution < -0.4 is 10.1 Å². The van der Waals surface area contributed by atoms with Gasteiger partial charge in [0.2, 0.25) is 5.13 Å². The molecule has 0 aliphatic heterocycles. The number of nitrogens with one attached hydrogen (secondary N) is 1. The summed E-state index contributed by atoms with van der Waals surface area (Å²) in [6, 6.07) is 5.94.